The molecule has 0 bridgehead atoms. The lowest BCUT2D eigenvalue weighted by Gasteiger charge is -2.19. The molecule has 2 aromatic carbocycles. The molecule has 4 heteroatoms. The van der Waals surface area contributed by atoms with E-state index in [0.29, 0.717) is 11.1 Å². The molecule has 0 radical (unpaired) electrons. The van der Waals surface area contributed by atoms with Crippen LogP contribution in [0.2, 0.25) is 0 Å². The van der Waals surface area contributed by atoms with Gasteiger partial charge in [0.25, 0.3) is 0 Å². The lowest BCUT2D eigenvalue weighted by Crippen LogP contribution is -2.10. The van der Waals surface area contributed by atoms with Crippen molar-refractivity contribution in [2.75, 3.05) is 5.32 Å². The van der Waals surface area contributed by atoms with Crippen LogP contribution in [0.5, 0.6) is 5.75 Å². The summed E-state index contributed by atoms with van der Waals surface area (Å²) >= 11 is 0. The highest BCUT2D eigenvalue weighted by molar-refractivity contribution is 5.59. The Bertz CT molecular complexity index is 641. The molecule has 2 nitrogen and oxygen atoms in total. The summed E-state index contributed by atoms with van der Waals surface area (Å²) in [4.78, 5) is 0. The van der Waals surface area contributed by atoms with Gasteiger partial charge in [0.15, 0.2) is 0 Å². The Hall–Kier alpha value is -2.10. The molecule has 0 spiro atoms. The fourth-order valence-electron chi connectivity index (χ4n) is 2.16. The largest absolute Gasteiger partial charge is 0.507 e. The lowest BCUT2D eigenvalue weighted by atomic mass is 10.0. The first kappa shape index (κ1) is 14.3. The monoisotopic (exact) mass is 277 g/mol. The molecule has 0 aliphatic carbocycles. The van der Waals surface area contributed by atoms with Gasteiger partial charge in [0, 0.05) is 22.9 Å². The Balaban J connectivity index is 2.28. The summed E-state index contributed by atoms with van der Waals surface area (Å²) in [6.45, 7) is 5.39. The quantitative estimate of drug-likeness (QED) is 0.868. The van der Waals surface area contributed by atoms with Crippen LogP contribution in [0.25, 0.3) is 0 Å². The van der Waals surface area contributed by atoms with Gasteiger partial charge in [-0.25, -0.2) is 8.78 Å². The zero-order valence-corrected chi connectivity index (χ0v) is 11.7. The van der Waals surface area contributed by atoms with Crippen LogP contribution in [-0.2, 0) is 0 Å². The highest BCUT2D eigenvalue weighted by Crippen LogP contribution is 2.31. The maximum absolute atomic E-state index is 13.7. The molecule has 2 rings (SSSR count). The fraction of sp³-hybridized carbons (Fsp3) is 0.250. The van der Waals surface area contributed by atoms with Crippen LogP contribution in [0, 0.1) is 25.5 Å². The summed E-state index contributed by atoms with van der Waals surface area (Å²) in [5.41, 5.74) is 2.60. The van der Waals surface area contributed by atoms with Gasteiger partial charge in [0.1, 0.15) is 17.4 Å². The smallest absolute Gasteiger partial charge is 0.131 e. The van der Waals surface area contributed by atoms with Crippen molar-refractivity contribution in [2.45, 2.75) is 26.8 Å². The summed E-state index contributed by atoms with van der Waals surface area (Å²) in [7, 11) is 0. The fourth-order valence-corrected chi connectivity index (χ4v) is 2.16. The molecule has 0 amide bonds. The predicted molar refractivity (Wildman–Crippen MR) is 76.0 cm³/mol. The average molecular weight is 277 g/mol. The number of phenolic OH excluding ortho intramolecular Hbond substituents is 1. The lowest BCUT2D eigenvalue weighted by molar-refractivity contribution is 0.467. The standard InChI is InChI=1S/C16H17F2NO/c1-9-4-7-15(10(2)16(9)20)19-11(3)13-6-5-12(17)8-14(13)18/h4-8,11,19-20H,1-3H3. The molecule has 0 aromatic heterocycles. The van der Waals surface area contributed by atoms with Crippen molar-refractivity contribution in [1.82, 2.24) is 0 Å². The molecule has 2 N–H and O–H groups in total. The number of hydrogen-bond donors (Lipinski definition) is 2. The first-order chi connectivity index (χ1) is 9.40. The van der Waals surface area contributed by atoms with Crippen LogP contribution in [0.1, 0.15) is 29.7 Å². The van der Waals surface area contributed by atoms with Crippen molar-refractivity contribution >= 4 is 5.69 Å². The summed E-state index contributed by atoms with van der Waals surface area (Å²) in [5, 5.41) is 13.0. The summed E-state index contributed by atoms with van der Waals surface area (Å²) in [6, 6.07) is 6.81. The summed E-state index contributed by atoms with van der Waals surface area (Å²) in [5.74, 6) is -0.955. The van der Waals surface area contributed by atoms with Gasteiger partial charge in [0.2, 0.25) is 0 Å². The van der Waals surface area contributed by atoms with Gasteiger partial charge in [-0.3, -0.25) is 0 Å². The van der Waals surface area contributed by atoms with Crippen molar-refractivity contribution in [3.05, 3.63) is 58.7 Å². The minimum absolute atomic E-state index is 0.224. The predicted octanol–water partition coefficient (Wildman–Crippen LogP) is 4.46. The molecule has 1 atom stereocenters. The highest BCUT2D eigenvalue weighted by Gasteiger charge is 2.14. The van der Waals surface area contributed by atoms with E-state index in [0.717, 1.165) is 17.3 Å². The van der Waals surface area contributed by atoms with Gasteiger partial charge in [-0.05, 0) is 38.5 Å². The van der Waals surface area contributed by atoms with E-state index in [1.165, 1.54) is 12.1 Å². The van der Waals surface area contributed by atoms with Gasteiger partial charge in [-0.15, -0.1) is 0 Å². The molecule has 0 fully saturated rings. The van der Waals surface area contributed by atoms with E-state index in [-0.39, 0.29) is 11.8 Å². The average Bonchev–Trinajstić information content (AvgIpc) is 2.39. The van der Waals surface area contributed by atoms with Gasteiger partial charge in [0.05, 0.1) is 6.04 Å². The Morgan fingerprint density at radius 2 is 1.80 bits per heavy atom. The molecule has 0 aliphatic rings. The van der Waals surface area contributed by atoms with E-state index in [4.69, 9.17) is 0 Å². The van der Waals surface area contributed by atoms with Crippen LogP contribution in [0.15, 0.2) is 30.3 Å². The van der Waals surface area contributed by atoms with Crippen molar-refractivity contribution < 1.29 is 13.9 Å². The molecular formula is C16H17F2NO. The van der Waals surface area contributed by atoms with E-state index >= 15 is 0 Å². The summed E-state index contributed by atoms with van der Waals surface area (Å²) in [6.07, 6.45) is 0. The third-order valence-corrected chi connectivity index (χ3v) is 3.43. The Morgan fingerprint density at radius 3 is 2.45 bits per heavy atom. The number of rotatable bonds is 3. The molecule has 0 heterocycles. The van der Waals surface area contributed by atoms with E-state index in [1.807, 2.05) is 13.0 Å². The van der Waals surface area contributed by atoms with Crippen molar-refractivity contribution in [3.63, 3.8) is 0 Å². The molecule has 1 unspecified atom stereocenters. The third kappa shape index (κ3) is 2.74. The minimum atomic E-state index is -0.595. The SMILES string of the molecule is Cc1ccc(NC(C)c2ccc(F)cc2F)c(C)c1O. The molecule has 106 valence electrons. The zero-order chi connectivity index (χ0) is 14.9. The Kier molecular flexibility index (Phi) is 3.93. The number of aromatic hydroxyl groups is 1. The van der Waals surface area contributed by atoms with Crippen LogP contribution in [-0.4, -0.2) is 5.11 Å². The second kappa shape index (κ2) is 5.49. The maximum atomic E-state index is 13.7. The van der Waals surface area contributed by atoms with Crippen molar-refractivity contribution in [3.8, 4) is 5.75 Å². The normalized spacial score (nSPS) is 12.2. The van der Waals surface area contributed by atoms with Gasteiger partial charge >= 0.3 is 0 Å². The molecule has 0 saturated carbocycles. The van der Waals surface area contributed by atoms with Gasteiger partial charge < -0.3 is 10.4 Å². The van der Waals surface area contributed by atoms with Crippen molar-refractivity contribution in [2.24, 2.45) is 0 Å². The van der Waals surface area contributed by atoms with Crippen LogP contribution < -0.4 is 5.32 Å². The van der Waals surface area contributed by atoms with Crippen LogP contribution in [0.3, 0.4) is 0 Å². The van der Waals surface area contributed by atoms with Crippen LogP contribution in [0.4, 0.5) is 14.5 Å². The maximum Gasteiger partial charge on any atom is 0.131 e. The minimum Gasteiger partial charge on any atom is -0.507 e. The Labute approximate surface area is 117 Å². The molecular weight excluding hydrogens is 260 g/mol. The first-order valence-corrected chi connectivity index (χ1v) is 6.40. The van der Waals surface area contributed by atoms with E-state index in [1.54, 1.807) is 19.9 Å². The number of halogens is 2. The number of phenols is 1. The molecule has 0 saturated heterocycles. The number of nitrogens with one attached hydrogen (secondary N) is 1. The number of anilines is 1. The van der Waals surface area contributed by atoms with E-state index < -0.39 is 11.6 Å². The molecule has 20 heavy (non-hydrogen) atoms. The van der Waals surface area contributed by atoms with Crippen LogP contribution >= 0.6 is 0 Å². The summed E-state index contributed by atoms with van der Waals surface area (Å²) < 4.78 is 26.6. The van der Waals surface area contributed by atoms with Gasteiger partial charge in [-0.2, -0.15) is 0 Å². The number of benzene rings is 2. The zero-order valence-electron chi connectivity index (χ0n) is 11.7. The van der Waals surface area contributed by atoms with E-state index in [9.17, 15) is 13.9 Å². The second-order valence-electron chi connectivity index (χ2n) is 4.94. The molecule has 2 aromatic rings. The topological polar surface area (TPSA) is 32.3 Å². The van der Waals surface area contributed by atoms with Crippen molar-refractivity contribution in [1.29, 1.82) is 0 Å². The van der Waals surface area contributed by atoms with Gasteiger partial charge in [-0.1, -0.05) is 12.1 Å². The number of aryl methyl sites for hydroxylation is 1. The second-order valence-corrected chi connectivity index (χ2v) is 4.94. The van der Waals surface area contributed by atoms with E-state index in [2.05, 4.69) is 5.32 Å². The highest BCUT2D eigenvalue weighted by atomic mass is 19.1. The number of hydrogen-bond acceptors (Lipinski definition) is 2. The Morgan fingerprint density at radius 1 is 1.10 bits per heavy atom. The molecule has 0 aliphatic heterocycles. The first-order valence-electron chi connectivity index (χ1n) is 6.40. The third-order valence-electron chi connectivity index (χ3n) is 3.43.